The van der Waals surface area contributed by atoms with E-state index in [1.54, 1.807) is 23.8 Å². The van der Waals surface area contributed by atoms with Gasteiger partial charge in [-0.1, -0.05) is 29.4 Å². The summed E-state index contributed by atoms with van der Waals surface area (Å²) in [5.74, 6) is 0.853. The Labute approximate surface area is 166 Å². The number of aryl methyl sites for hydroxylation is 1. The lowest BCUT2D eigenvalue weighted by Crippen LogP contribution is -2.26. The Bertz CT molecular complexity index is 1200. The third kappa shape index (κ3) is 3.91. The monoisotopic (exact) mass is 392 g/mol. The largest absolute Gasteiger partial charge is 0.497 e. The van der Waals surface area contributed by atoms with Crippen LogP contribution >= 0.6 is 0 Å². The second-order valence-corrected chi connectivity index (χ2v) is 6.52. The van der Waals surface area contributed by atoms with Crippen LogP contribution in [0.1, 0.15) is 16.9 Å². The van der Waals surface area contributed by atoms with Gasteiger partial charge in [-0.25, -0.2) is 4.79 Å². The summed E-state index contributed by atoms with van der Waals surface area (Å²) in [4.78, 5) is 27.2. The predicted octanol–water partition coefficient (Wildman–Crippen LogP) is 2.81. The van der Waals surface area contributed by atoms with Gasteiger partial charge in [0.05, 0.1) is 18.1 Å². The van der Waals surface area contributed by atoms with Crippen molar-refractivity contribution in [2.24, 2.45) is 0 Å². The van der Waals surface area contributed by atoms with Gasteiger partial charge in [-0.3, -0.25) is 9.36 Å². The summed E-state index contributed by atoms with van der Waals surface area (Å²) in [6, 6.07) is 16.4. The summed E-state index contributed by atoms with van der Waals surface area (Å²) in [7, 11) is 1.59. The Balaban J connectivity index is 1.35. The minimum absolute atomic E-state index is 0.156. The fraction of sp³-hybridized carbons (Fsp3) is 0.190. The number of carbonyl (C=O) groups is 1. The Morgan fingerprint density at radius 3 is 2.93 bits per heavy atom. The summed E-state index contributed by atoms with van der Waals surface area (Å²) in [6.07, 6.45) is 0.605. The average molecular weight is 392 g/mol. The maximum Gasteiger partial charge on any atom is 0.326 e. The maximum atomic E-state index is 12.3. The van der Waals surface area contributed by atoms with Crippen LogP contribution in [0.5, 0.6) is 5.75 Å². The number of ether oxygens (including phenoxy) is 1. The molecule has 2 aromatic heterocycles. The van der Waals surface area contributed by atoms with Crippen molar-refractivity contribution in [3.63, 3.8) is 0 Å². The van der Waals surface area contributed by atoms with E-state index in [1.165, 1.54) is 0 Å². The minimum atomic E-state index is -0.325. The molecule has 2 aromatic carbocycles. The minimum Gasteiger partial charge on any atom is -0.497 e. The molecule has 0 spiro atoms. The Morgan fingerprint density at radius 2 is 2.07 bits per heavy atom. The molecule has 148 valence electrons. The summed E-state index contributed by atoms with van der Waals surface area (Å²) < 4.78 is 12.1. The highest BCUT2D eigenvalue weighted by Gasteiger charge is 2.14. The third-order valence-corrected chi connectivity index (χ3v) is 4.62. The van der Waals surface area contributed by atoms with Crippen molar-refractivity contribution in [2.45, 2.75) is 13.0 Å². The zero-order valence-corrected chi connectivity index (χ0v) is 15.8. The van der Waals surface area contributed by atoms with Gasteiger partial charge in [0.1, 0.15) is 5.75 Å². The zero-order chi connectivity index (χ0) is 20.2. The first-order valence-electron chi connectivity index (χ1n) is 9.22. The van der Waals surface area contributed by atoms with Crippen LogP contribution in [-0.4, -0.2) is 34.3 Å². The first kappa shape index (κ1) is 18.5. The average Bonchev–Trinajstić information content (AvgIpc) is 3.36. The Hall–Kier alpha value is -3.81. The van der Waals surface area contributed by atoms with E-state index in [0.29, 0.717) is 31.0 Å². The molecule has 0 bridgehead atoms. The molecule has 0 atom stereocenters. The van der Waals surface area contributed by atoms with Crippen molar-refractivity contribution in [3.8, 4) is 17.1 Å². The number of amides is 1. The number of hydrogen-bond donors (Lipinski definition) is 2. The molecule has 8 nitrogen and oxygen atoms in total. The van der Waals surface area contributed by atoms with E-state index in [-0.39, 0.29) is 17.3 Å². The second-order valence-electron chi connectivity index (χ2n) is 6.52. The van der Waals surface area contributed by atoms with E-state index < -0.39 is 0 Å². The highest BCUT2D eigenvalue weighted by atomic mass is 16.5. The van der Waals surface area contributed by atoms with Crippen molar-refractivity contribution in [1.29, 1.82) is 0 Å². The fourth-order valence-electron chi connectivity index (χ4n) is 3.15. The van der Waals surface area contributed by atoms with E-state index in [2.05, 4.69) is 15.5 Å². The highest BCUT2D eigenvalue weighted by Crippen LogP contribution is 2.24. The second kappa shape index (κ2) is 8.05. The van der Waals surface area contributed by atoms with Crippen molar-refractivity contribution >= 4 is 16.9 Å². The number of H-pyrrole nitrogens is 1. The summed E-state index contributed by atoms with van der Waals surface area (Å²) in [5.41, 5.74) is 2.47. The zero-order valence-electron chi connectivity index (χ0n) is 15.8. The molecule has 0 fully saturated rings. The van der Waals surface area contributed by atoms with Gasteiger partial charge in [-0.15, -0.1) is 0 Å². The standard InChI is InChI=1S/C21H20N4O4/c1-28-15-7-4-6-14(12-15)19-13-17(24-29-19)20(26)22-10-5-11-25-18-9-3-2-8-16(18)23-21(25)27/h2-4,6-9,12-13H,5,10-11H2,1H3,(H,22,26)(H,23,27). The van der Waals surface area contributed by atoms with E-state index in [0.717, 1.165) is 16.6 Å². The Morgan fingerprint density at radius 1 is 1.21 bits per heavy atom. The molecule has 1 amide bonds. The lowest BCUT2D eigenvalue weighted by atomic mass is 10.1. The van der Waals surface area contributed by atoms with Crippen molar-refractivity contribution in [2.75, 3.05) is 13.7 Å². The summed E-state index contributed by atoms with van der Waals surface area (Å²) in [5, 5.41) is 6.65. The molecule has 2 N–H and O–H groups in total. The number of para-hydroxylation sites is 2. The number of imidazole rings is 1. The molecule has 0 unspecified atom stereocenters. The molecule has 0 aliphatic heterocycles. The normalized spacial score (nSPS) is 10.9. The number of fused-ring (bicyclic) bond motifs is 1. The smallest absolute Gasteiger partial charge is 0.326 e. The summed E-state index contributed by atoms with van der Waals surface area (Å²) in [6.45, 7) is 0.906. The van der Waals surface area contributed by atoms with Crippen LogP contribution in [0.15, 0.2) is 63.9 Å². The molecule has 0 aliphatic rings. The number of benzene rings is 2. The molecule has 2 heterocycles. The van der Waals surface area contributed by atoms with Crippen LogP contribution in [0.2, 0.25) is 0 Å². The number of rotatable bonds is 7. The van der Waals surface area contributed by atoms with Gasteiger partial charge < -0.3 is 19.6 Å². The van der Waals surface area contributed by atoms with Crippen LogP contribution < -0.4 is 15.7 Å². The van der Waals surface area contributed by atoms with Gasteiger partial charge in [0.15, 0.2) is 11.5 Å². The lowest BCUT2D eigenvalue weighted by Gasteiger charge is -2.04. The number of nitrogens with one attached hydrogen (secondary N) is 2. The molecule has 4 aromatic rings. The van der Waals surface area contributed by atoms with Crippen LogP contribution in [0.4, 0.5) is 0 Å². The first-order chi connectivity index (χ1) is 14.2. The molecule has 8 heteroatoms. The van der Waals surface area contributed by atoms with E-state index >= 15 is 0 Å². The van der Waals surface area contributed by atoms with Gasteiger partial charge in [0.2, 0.25) is 0 Å². The highest BCUT2D eigenvalue weighted by molar-refractivity contribution is 5.93. The van der Waals surface area contributed by atoms with Gasteiger partial charge in [0.25, 0.3) is 5.91 Å². The van der Waals surface area contributed by atoms with Crippen molar-refractivity contribution < 1.29 is 14.1 Å². The van der Waals surface area contributed by atoms with Crippen LogP contribution in [0, 0.1) is 0 Å². The molecule has 29 heavy (non-hydrogen) atoms. The maximum absolute atomic E-state index is 12.3. The number of carbonyl (C=O) groups excluding carboxylic acids is 1. The predicted molar refractivity (Wildman–Crippen MR) is 108 cm³/mol. The fourth-order valence-corrected chi connectivity index (χ4v) is 3.15. The van der Waals surface area contributed by atoms with Crippen molar-refractivity contribution in [1.82, 2.24) is 20.0 Å². The number of hydrogen-bond acceptors (Lipinski definition) is 5. The number of aromatic amines is 1. The molecular formula is C21H20N4O4. The van der Waals surface area contributed by atoms with Gasteiger partial charge in [-0.2, -0.15) is 0 Å². The lowest BCUT2D eigenvalue weighted by molar-refractivity contribution is 0.0944. The summed E-state index contributed by atoms with van der Waals surface area (Å²) >= 11 is 0. The van der Waals surface area contributed by atoms with Crippen LogP contribution in [0.3, 0.4) is 0 Å². The molecule has 0 saturated carbocycles. The number of methoxy groups -OCH3 is 1. The molecule has 4 rings (SSSR count). The van der Waals surface area contributed by atoms with Crippen LogP contribution in [0.25, 0.3) is 22.4 Å². The topological polar surface area (TPSA) is 102 Å². The van der Waals surface area contributed by atoms with Crippen molar-refractivity contribution in [3.05, 3.63) is 70.8 Å². The van der Waals surface area contributed by atoms with Gasteiger partial charge in [-0.05, 0) is 30.7 Å². The third-order valence-electron chi connectivity index (χ3n) is 4.62. The molecule has 0 saturated heterocycles. The van der Waals surface area contributed by atoms with E-state index in [1.807, 2.05) is 42.5 Å². The SMILES string of the molecule is COc1cccc(-c2cc(C(=O)NCCCn3c(=O)[nH]c4ccccc43)no2)c1. The molecular weight excluding hydrogens is 372 g/mol. The van der Waals surface area contributed by atoms with Crippen LogP contribution in [-0.2, 0) is 6.54 Å². The van der Waals surface area contributed by atoms with E-state index in [4.69, 9.17) is 9.26 Å². The van der Waals surface area contributed by atoms with E-state index in [9.17, 15) is 9.59 Å². The number of nitrogens with zero attached hydrogens (tertiary/aromatic N) is 2. The Kier molecular flexibility index (Phi) is 5.15. The van der Waals surface area contributed by atoms with Gasteiger partial charge in [0, 0.05) is 24.7 Å². The molecule has 0 radical (unpaired) electrons. The quantitative estimate of drug-likeness (QED) is 0.471. The first-order valence-corrected chi connectivity index (χ1v) is 9.22. The number of aromatic nitrogens is 3. The molecule has 0 aliphatic carbocycles. The van der Waals surface area contributed by atoms with Gasteiger partial charge >= 0.3 is 5.69 Å².